The minimum atomic E-state index is -0.843. The minimum absolute atomic E-state index is 0.0470. The molecule has 0 aliphatic rings. The monoisotopic (exact) mass is 142 g/mol. The Morgan fingerprint density at radius 3 is 2.90 bits per heavy atom. The molecule has 0 heterocycles. The summed E-state index contributed by atoms with van der Waals surface area (Å²) < 4.78 is 4.83. The van der Waals surface area contributed by atoms with Gasteiger partial charge in [0.05, 0.1) is 13.0 Å². The van der Waals surface area contributed by atoms with Crippen molar-refractivity contribution in [3.63, 3.8) is 0 Å². The van der Waals surface area contributed by atoms with E-state index in [0.717, 1.165) is 0 Å². The highest BCUT2D eigenvalue weighted by Crippen LogP contribution is 1.80. The van der Waals surface area contributed by atoms with Crippen LogP contribution >= 0.6 is 0 Å². The van der Waals surface area contributed by atoms with E-state index in [9.17, 15) is 4.79 Å². The summed E-state index contributed by atoms with van der Waals surface area (Å²) in [6, 6.07) is 0. The Morgan fingerprint density at radius 2 is 2.40 bits per heavy atom. The molecule has 0 bridgehead atoms. The van der Waals surface area contributed by atoms with Crippen LogP contribution in [0.1, 0.15) is 13.3 Å². The molecular weight excluding hydrogens is 132 g/mol. The number of carboxylic acids is 1. The van der Waals surface area contributed by atoms with Crippen LogP contribution < -0.4 is 0 Å². The molecule has 0 saturated carbocycles. The molecule has 0 aromatic carbocycles. The molecule has 0 aliphatic carbocycles. The second-order valence-corrected chi connectivity index (χ2v) is 1.62. The molecule has 0 spiro atoms. The summed E-state index contributed by atoms with van der Waals surface area (Å²) in [5.41, 5.74) is 0. The van der Waals surface area contributed by atoms with Gasteiger partial charge < -0.3 is 9.84 Å². The summed E-state index contributed by atoms with van der Waals surface area (Å²) in [6.45, 7) is 2.27. The van der Waals surface area contributed by atoms with E-state index in [2.05, 4.69) is 11.8 Å². The molecule has 0 unspecified atom stereocenters. The van der Waals surface area contributed by atoms with Gasteiger partial charge in [-0.1, -0.05) is 5.92 Å². The number of aliphatic carboxylic acids is 1. The molecule has 3 nitrogen and oxygen atoms in total. The zero-order valence-electron chi connectivity index (χ0n) is 5.89. The molecule has 0 aromatic rings. The van der Waals surface area contributed by atoms with E-state index < -0.39 is 5.97 Å². The Kier molecular flexibility index (Phi) is 5.50. The number of rotatable bonds is 4. The second-order valence-electron chi connectivity index (χ2n) is 1.62. The molecule has 0 aliphatic heterocycles. The Bertz CT molecular complexity index is 152. The molecule has 0 aromatic heterocycles. The lowest BCUT2D eigenvalue weighted by atomic mass is 10.5. The van der Waals surface area contributed by atoms with Gasteiger partial charge in [-0.2, -0.15) is 0 Å². The first kappa shape index (κ1) is 8.99. The highest BCUT2D eigenvalue weighted by molar-refractivity contribution is 5.66. The smallest absolute Gasteiger partial charge is 0.305 e. The van der Waals surface area contributed by atoms with E-state index in [1.807, 2.05) is 0 Å². The van der Waals surface area contributed by atoms with Crippen LogP contribution in [-0.2, 0) is 9.53 Å². The predicted octanol–water partition coefficient (Wildman–Crippen LogP) is 0.501. The molecule has 0 atom stereocenters. The maximum Gasteiger partial charge on any atom is 0.305 e. The minimum Gasteiger partial charge on any atom is -0.481 e. The topological polar surface area (TPSA) is 46.5 Å². The normalized spacial score (nSPS) is 8.10. The molecule has 3 heteroatoms. The van der Waals surface area contributed by atoms with Gasteiger partial charge in [0.15, 0.2) is 0 Å². The zero-order valence-corrected chi connectivity index (χ0v) is 5.89. The molecular formula is C7H10O3. The van der Waals surface area contributed by atoms with Gasteiger partial charge in [0, 0.05) is 0 Å². The summed E-state index contributed by atoms with van der Waals surface area (Å²) >= 11 is 0. The fraction of sp³-hybridized carbons (Fsp3) is 0.571. The third kappa shape index (κ3) is 6.99. The lowest BCUT2D eigenvalue weighted by molar-refractivity contribution is -0.138. The average Bonchev–Trinajstić information content (AvgIpc) is 1.87. The van der Waals surface area contributed by atoms with Crippen molar-refractivity contribution >= 4 is 5.97 Å². The number of hydrogen-bond donors (Lipinski definition) is 1. The molecule has 56 valence electrons. The third-order valence-electron chi connectivity index (χ3n) is 0.811. The quantitative estimate of drug-likeness (QED) is 0.459. The van der Waals surface area contributed by atoms with Crippen molar-refractivity contribution in [2.75, 3.05) is 13.2 Å². The number of ether oxygens (including phenoxy) is 1. The summed E-state index contributed by atoms with van der Waals surface area (Å²) in [6.07, 6.45) is 0.0470. The number of carbonyl (C=O) groups is 1. The molecule has 0 rings (SSSR count). The highest BCUT2D eigenvalue weighted by Gasteiger charge is 1.93. The third-order valence-corrected chi connectivity index (χ3v) is 0.811. The van der Waals surface area contributed by atoms with Gasteiger partial charge in [0.2, 0.25) is 0 Å². The van der Waals surface area contributed by atoms with Gasteiger partial charge >= 0.3 is 5.97 Å². The Morgan fingerprint density at radius 1 is 1.70 bits per heavy atom. The Balaban J connectivity index is 3.03. The molecule has 10 heavy (non-hydrogen) atoms. The van der Waals surface area contributed by atoms with Gasteiger partial charge in [0.25, 0.3) is 0 Å². The van der Waals surface area contributed by atoms with Crippen molar-refractivity contribution in [2.45, 2.75) is 13.3 Å². The van der Waals surface area contributed by atoms with Crippen molar-refractivity contribution < 1.29 is 14.6 Å². The van der Waals surface area contributed by atoms with Crippen LogP contribution in [0.25, 0.3) is 0 Å². The van der Waals surface area contributed by atoms with E-state index in [-0.39, 0.29) is 13.0 Å². The Labute approximate surface area is 60.0 Å². The highest BCUT2D eigenvalue weighted by atomic mass is 16.5. The first-order valence-electron chi connectivity index (χ1n) is 2.96. The largest absolute Gasteiger partial charge is 0.481 e. The molecule has 0 fully saturated rings. The maximum absolute atomic E-state index is 9.92. The van der Waals surface area contributed by atoms with Crippen LogP contribution in [0.4, 0.5) is 0 Å². The SMILES string of the molecule is CC#CCOCCC(=O)O. The van der Waals surface area contributed by atoms with Crippen LogP contribution in [0.15, 0.2) is 0 Å². The van der Waals surface area contributed by atoms with Gasteiger partial charge in [-0.25, -0.2) is 0 Å². The van der Waals surface area contributed by atoms with Crippen LogP contribution in [0.3, 0.4) is 0 Å². The van der Waals surface area contributed by atoms with Crippen LogP contribution in [-0.4, -0.2) is 24.3 Å². The summed E-state index contributed by atoms with van der Waals surface area (Å²) in [5.74, 6) is 4.45. The van der Waals surface area contributed by atoms with Crippen molar-refractivity contribution in [1.82, 2.24) is 0 Å². The van der Waals surface area contributed by atoms with Crippen LogP contribution in [0.2, 0.25) is 0 Å². The Hall–Kier alpha value is -1.01. The first-order valence-corrected chi connectivity index (χ1v) is 2.96. The second kappa shape index (κ2) is 6.12. The summed E-state index contributed by atoms with van der Waals surface area (Å²) in [5, 5.41) is 8.15. The predicted molar refractivity (Wildman–Crippen MR) is 36.5 cm³/mol. The van der Waals surface area contributed by atoms with Gasteiger partial charge in [-0.05, 0) is 6.92 Å². The number of hydrogen-bond acceptors (Lipinski definition) is 2. The average molecular weight is 142 g/mol. The van der Waals surface area contributed by atoms with E-state index in [0.29, 0.717) is 6.61 Å². The molecule has 0 amide bonds. The van der Waals surface area contributed by atoms with Crippen LogP contribution in [0, 0.1) is 11.8 Å². The lowest BCUT2D eigenvalue weighted by Crippen LogP contribution is -2.02. The first-order chi connectivity index (χ1) is 4.77. The van der Waals surface area contributed by atoms with E-state index in [1.165, 1.54) is 0 Å². The van der Waals surface area contributed by atoms with E-state index in [1.54, 1.807) is 6.92 Å². The molecule has 0 radical (unpaired) electrons. The van der Waals surface area contributed by atoms with Crippen molar-refractivity contribution in [2.24, 2.45) is 0 Å². The van der Waals surface area contributed by atoms with Crippen molar-refractivity contribution in [3.8, 4) is 11.8 Å². The van der Waals surface area contributed by atoms with E-state index in [4.69, 9.17) is 9.84 Å². The van der Waals surface area contributed by atoms with Crippen LogP contribution in [0.5, 0.6) is 0 Å². The lowest BCUT2D eigenvalue weighted by Gasteiger charge is -1.93. The van der Waals surface area contributed by atoms with Gasteiger partial charge in [0.1, 0.15) is 6.61 Å². The summed E-state index contributed by atoms with van der Waals surface area (Å²) in [4.78, 5) is 9.92. The fourth-order valence-electron chi connectivity index (χ4n) is 0.355. The standard InChI is InChI=1S/C7H10O3/c1-2-3-5-10-6-4-7(8)9/h4-6H2,1H3,(H,8,9). The molecule has 1 N–H and O–H groups in total. The molecule has 0 saturated heterocycles. The van der Waals surface area contributed by atoms with Crippen molar-refractivity contribution in [1.29, 1.82) is 0 Å². The van der Waals surface area contributed by atoms with Gasteiger partial charge in [-0.3, -0.25) is 4.79 Å². The number of carboxylic acid groups (broad SMARTS) is 1. The summed E-state index contributed by atoms with van der Waals surface area (Å²) in [7, 11) is 0. The zero-order chi connectivity index (χ0) is 7.82. The maximum atomic E-state index is 9.92. The fourth-order valence-corrected chi connectivity index (χ4v) is 0.355. The van der Waals surface area contributed by atoms with E-state index >= 15 is 0 Å². The van der Waals surface area contributed by atoms with Gasteiger partial charge in [-0.15, -0.1) is 5.92 Å². The van der Waals surface area contributed by atoms with Crippen molar-refractivity contribution in [3.05, 3.63) is 0 Å².